The summed E-state index contributed by atoms with van der Waals surface area (Å²) in [5, 5.41) is 0. The van der Waals surface area contributed by atoms with Crippen LogP contribution in [-0.4, -0.2) is 9.76 Å². The zero-order chi connectivity index (χ0) is 13.0. The fourth-order valence-electron chi connectivity index (χ4n) is 2.16. The third-order valence-corrected chi connectivity index (χ3v) is 3.85. The van der Waals surface area contributed by atoms with Gasteiger partial charge in [-0.15, -0.1) is 0 Å². The Morgan fingerprint density at radius 1 is 1.11 bits per heavy atom. The molecule has 2 aromatic rings. The number of benzene rings is 2. The van der Waals surface area contributed by atoms with Crippen molar-refractivity contribution < 1.29 is 4.43 Å². The highest BCUT2D eigenvalue weighted by molar-refractivity contribution is 6.24. The molecule has 1 unspecified atom stereocenters. The molecule has 0 aliphatic rings. The summed E-state index contributed by atoms with van der Waals surface area (Å²) in [4.78, 5) is 0. The fourth-order valence-corrected chi connectivity index (χ4v) is 2.84. The summed E-state index contributed by atoms with van der Waals surface area (Å²) >= 11 is 0. The van der Waals surface area contributed by atoms with Crippen LogP contribution in [-0.2, 0) is 4.43 Å². The number of nitrogens with two attached hydrogens (primary N) is 1. The molecule has 0 spiro atoms. The Bertz CT molecular complexity index is 527. The Balaban J connectivity index is 2.44. The third kappa shape index (κ3) is 2.81. The second-order valence-electron chi connectivity index (χ2n) is 4.31. The van der Waals surface area contributed by atoms with E-state index in [-0.39, 0.29) is 6.10 Å². The summed E-state index contributed by atoms with van der Waals surface area (Å²) in [6.45, 7) is 4.27. The Kier molecular flexibility index (Phi) is 4.18. The summed E-state index contributed by atoms with van der Waals surface area (Å²) in [5.74, 6) is 0. The van der Waals surface area contributed by atoms with E-state index in [0.29, 0.717) is 0 Å². The molecule has 0 aliphatic carbocycles. The van der Waals surface area contributed by atoms with Crippen molar-refractivity contribution in [2.45, 2.75) is 19.6 Å². The van der Waals surface area contributed by atoms with Crippen molar-refractivity contribution in [2.24, 2.45) is 0 Å². The van der Waals surface area contributed by atoms with Crippen molar-refractivity contribution in [1.82, 2.24) is 0 Å². The van der Waals surface area contributed by atoms with E-state index in [9.17, 15) is 0 Å². The Morgan fingerprint density at radius 2 is 1.89 bits per heavy atom. The van der Waals surface area contributed by atoms with Gasteiger partial charge in [0.2, 0.25) is 0 Å². The van der Waals surface area contributed by atoms with Crippen LogP contribution in [0.15, 0.2) is 48.5 Å². The van der Waals surface area contributed by atoms with Crippen LogP contribution in [0.2, 0.25) is 6.55 Å². The molecular weight excluding hydrogens is 238 g/mol. The molecule has 0 amide bonds. The zero-order valence-electron chi connectivity index (χ0n) is 10.9. The van der Waals surface area contributed by atoms with E-state index in [1.165, 1.54) is 11.1 Å². The molecule has 94 valence electrons. The summed E-state index contributed by atoms with van der Waals surface area (Å²) < 4.78 is 5.83. The smallest absolute Gasteiger partial charge is 0.159 e. The van der Waals surface area contributed by atoms with Crippen molar-refractivity contribution >= 4 is 15.5 Å². The van der Waals surface area contributed by atoms with Gasteiger partial charge in [0.25, 0.3) is 0 Å². The Labute approximate surface area is 111 Å². The van der Waals surface area contributed by atoms with Crippen LogP contribution >= 0.6 is 0 Å². The first-order valence-electron chi connectivity index (χ1n) is 6.28. The minimum Gasteiger partial charge on any atom is -0.418 e. The maximum Gasteiger partial charge on any atom is 0.159 e. The molecule has 0 radical (unpaired) electrons. The molecule has 0 aliphatic heterocycles. The van der Waals surface area contributed by atoms with Crippen LogP contribution in [0, 0.1) is 0 Å². The molecule has 0 saturated carbocycles. The van der Waals surface area contributed by atoms with Crippen molar-refractivity contribution in [2.75, 3.05) is 5.73 Å². The Morgan fingerprint density at radius 3 is 2.61 bits per heavy atom. The number of hydrogen-bond donors (Lipinski definition) is 1. The van der Waals surface area contributed by atoms with Gasteiger partial charge in [-0.05, 0) is 35.7 Å². The number of nitrogen functional groups attached to an aromatic ring is 1. The van der Waals surface area contributed by atoms with Gasteiger partial charge in [0.05, 0.1) is 6.10 Å². The van der Waals surface area contributed by atoms with Crippen molar-refractivity contribution in [3.05, 3.63) is 54.1 Å². The van der Waals surface area contributed by atoms with E-state index in [4.69, 9.17) is 10.2 Å². The lowest BCUT2D eigenvalue weighted by Gasteiger charge is -2.17. The van der Waals surface area contributed by atoms with Crippen molar-refractivity contribution in [3.63, 3.8) is 0 Å². The van der Waals surface area contributed by atoms with Crippen LogP contribution in [0.1, 0.15) is 18.6 Å². The SMILES string of the molecule is C[SiH2]OC(C)c1ccccc1-c1cccc(N)c1. The quantitative estimate of drug-likeness (QED) is 0.674. The molecule has 2 rings (SSSR count). The van der Waals surface area contributed by atoms with Gasteiger partial charge in [-0.1, -0.05) is 42.9 Å². The highest BCUT2D eigenvalue weighted by atomic mass is 28.2. The first kappa shape index (κ1) is 12.9. The van der Waals surface area contributed by atoms with Gasteiger partial charge in [-0.2, -0.15) is 0 Å². The molecule has 0 bridgehead atoms. The van der Waals surface area contributed by atoms with Gasteiger partial charge >= 0.3 is 0 Å². The molecular formula is C15H19NOSi. The number of hydrogen-bond acceptors (Lipinski definition) is 2. The van der Waals surface area contributed by atoms with Gasteiger partial charge in [-0.25, -0.2) is 0 Å². The van der Waals surface area contributed by atoms with Gasteiger partial charge in [0, 0.05) is 5.69 Å². The third-order valence-electron chi connectivity index (χ3n) is 3.01. The topological polar surface area (TPSA) is 35.2 Å². The molecule has 0 aromatic heterocycles. The van der Waals surface area contributed by atoms with Crippen molar-refractivity contribution in [3.8, 4) is 11.1 Å². The van der Waals surface area contributed by atoms with Crippen LogP contribution in [0.3, 0.4) is 0 Å². The lowest BCUT2D eigenvalue weighted by atomic mass is 9.96. The van der Waals surface area contributed by atoms with Crippen LogP contribution in [0.25, 0.3) is 11.1 Å². The highest BCUT2D eigenvalue weighted by Crippen LogP contribution is 2.30. The summed E-state index contributed by atoms with van der Waals surface area (Å²) in [7, 11) is -0.406. The van der Waals surface area contributed by atoms with E-state index < -0.39 is 9.76 Å². The molecule has 0 saturated heterocycles. The maximum absolute atomic E-state index is 5.86. The van der Waals surface area contributed by atoms with Crippen molar-refractivity contribution in [1.29, 1.82) is 0 Å². The average Bonchev–Trinajstić information content (AvgIpc) is 2.39. The summed E-state index contributed by atoms with van der Waals surface area (Å²) in [6.07, 6.45) is 0.152. The van der Waals surface area contributed by atoms with Crippen LogP contribution in [0.5, 0.6) is 0 Å². The van der Waals surface area contributed by atoms with Gasteiger partial charge < -0.3 is 10.2 Å². The molecule has 3 heteroatoms. The molecule has 0 fully saturated rings. The monoisotopic (exact) mass is 257 g/mol. The second kappa shape index (κ2) is 5.84. The molecule has 2 nitrogen and oxygen atoms in total. The van der Waals surface area contributed by atoms with Gasteiger partial charge in [0.1, 0.15) is 0 Å². The predicted octanol–water partition coefficient (Wildman–Crippen LogP) is 3.15. The standard InChI is InChI=1S/C15H19NOSi/c1-11(17-18-2)14-8-3-4-9-15(14)12-6-5-7-13(16)10-12/h3-11H,16,18H2,1-2H3. The normalized spacial score (nSPS) is 13.0. The average molecular weight is 257 g/mol. The van der Waals surface area contributed by atoms with E-state index in [2.05, 4.69) is 43.8 Å². The molecule has 2 aromatic carbocycles. The van der Waals surface area contributed by atoms with E-state index in [0.717, 1.165) is 11.3 Å². The van der Waals surface area contributed by atoms with Crippen LogP contribution < -0.4 is 5.73 Å². The zero-order valence-corrected chi connectivity index (χ0v) is 12.3. The summed E-state index contributed by atoms with van der Waals surface area (Å²) in [6, 6.07) is 16.4. The minimum atomic E-state index is -0.406. The first-order chi connectivity index (χ1) is 8.72. The van der Waals surface area contributed by atoms with E-state index in [1.807, 2.05) is 18.2 Å². The first-order valence-corrected chi connectivity index (χ1v) is 8.28. The largest absolute Gasteiger partial charge is 0.418 e. The molecule has 2 N–H and O–H groups in total. The fraction of sp³-hybridized carbons (Fsp3) is 0.200. The van der Waals surface area contributed by atoms with E-state index in [1.54, 1.807) is 0 Å². The number of rotatable bonds is 4. The minimum absolute atomic E-state index is 0.152. The maximum atomic E-state index is 5.86. The summed E-state index contributed by atoms with van der Waals surface area (Å²) in [5.41, 5.74) is 10.2. The van der Waals surface area contributed by atoms with Crippen LogP contribution in [0.4, 0.5) is 5.69 Å². The highest BCUT2D eigenvalue weighted by Gasteiger charge is 2.11. The van der Waals surface area contributed by atoms with Gasteiger partial charge in [0.15, 0.2) is 9.76 Å². The predicted molar refractivity (Wildman–Crippen MR) is 80.2 cm³/mol. The molecule has 1 atom stereocenters. The second-order valence-corrected chi connectivity index (χ2v) is 5.22. The molecule has 0 heterocycles. The lowest BCUT2D eigenvalue weighted by Crippen LogP contribution is -2.03. The lowest BCUT2D eigenvalue weighted by molar-refractivity contribution is 0.242. The number of anilines is 1. The Hall–Kier alpha value is -1.58. The van der Waals surface area contributed by atoms with E-state index >= 15 is 0 Å². The molecule has 18 heavy (non-hydrogen) atoms. The van der Waals surface area contributed by atoms with Gasteiger partial charge in [-0.3, -0.25) is 0 Å².